The summed E-state index contributed by atoms with van der Waals surface area (Å²) >= 11 is 0. The van der Waals surface area contributed by atoms with E-state index in [0.29, 0.717) is 17.0 Å². The molecule has 0 fully saturated rings. The number of imidazole rings is 1. The normalized spacial score (nSPS) is 10.2. The van der Waals surface area contributed by atoms with Crippen molar-refractivity contribution in [2.75, 3.05) is 7.11 Å². The van der Waals surface area contributed by atoms with E-state index in [1.165, 1.54) is 6.33 Å². The molecule has 0 aliphatic heterocycles. The molecule has 0 unspecified atom stereocenters. The van der Waals surface area contributed by atoms with Gasteiger partial charge in [-0.25, -0.2) is 9.97 Å². The molecule has 0 saturated carbocycles. The van der Waals surface area contributed by atoms with E-state index in [1.54, 1.807) is 24.2 Å². The zero-order chi connectivity index (χ0) is 9.26. The minimum atomic E-state index is 0.477. The van der Waals surface area contributed by atoms with Crippen molar-refractivity contribution in [1.82, 2.24) is 19.5 Å². The van der Waals surface area contributed by atoms with Crippen LogP contribution in [0.4, 0.5) is 0 Å². The van der Waals surface area contributed by atoms with E-state index in [1.807, 2.05) is 0 Å². The van der Waals surface area contributed by atoms with Crippen LogP contribution in [0.1, 0.15) is 0 Å². The number of hydrogen-bond donors (Lipinski definition) is 0. The summed E-state index contributed by atoms with van der Waals surface area (Å²) in [7, 11) is 1.55. The number of ether oxygens (including phenoxy) is 1. The van der Waals surface area contributed by atoms with Crippen LogP contribution in [0, 0.1) is 0 Å². The highest BCUT2D eigenvalue weighted by molar-refractivity contribution is 5.77. The number of methoxy groups -OCH3 is 1. The van der Waals surface area contributed by atoms with Crippen LogP contribution in [-0.2, 0) is 0 Å². The molecule has 66 valence electrons. The van der Waals surface area contributed by atoms with Crippen molar-refractivity contribution in [3.63, 3.8) is 0 Å². The molecule has 2 rings (SSSR count). The molecule has 0 saturated heterocycles. The lowest BCUT2D eigenvalue weighted by molar-refractivity contribution is 0.401. The summed E-state index contributed by atoms with van der Waals surface area (Å²) in [4.78, 5) is 12.1. The van der Waals surface area contributed by atoms with Gasteiger partial charge in [0.25, 0.3) is 0 Å². The summed E-state index contributed by atoms with van der Waals surface area (Å²) < 4.78 is 6.73. The van der Waals surface area contributed by atoms with Crippen LogP contribution >= 0.6 is 0 Å². The van der Waals surface area contributed by atoms with Crippen molar-refractivity contribution in [3.05, 3.63) is 19.2 Å². The first kappa shape index (κ1) is 7.72. The first-order chi connectivity index (χ1) is 6.36. The smallest absolute Gasteiger partial charge is 0.245 e. The maximum absolute atomic E-state index is 5.02. The number of hydrogen-bond acceptors (Lipinski definition) is 4. The second kappa shape index (κ2) is 2.85. The van der Waals surface area contributed by atoms with Crippen LogP contribution in [-0.4, -0.2) is 26.6 Å². The summed E-state index contributed by atoms with van der Waals surface area (Å²) in [5.74, 6) is 0.477. The SMILES string of the molecule is C=Cn1cnc2c(OC)ncnc21. The van der Waals surface area contributed by atoms with Crippen LogP contribution in [0.5, 0.6) is 5.88 Å². The number of rotatable bonds is 2. The molecule has 2 heterocycles. The first-order valence-corrected chi connectivity index (χ1v) is 3.71. The lowest BCUT2D eigenvalue weighted by atomic mass is 10.5. The molecular formula is C8H8N4O. The molecule has 0 spiro atoms. The molecule has 0 amide bonds. The second-order valence-electron chi connectivity index (χ2n) is 2.39. The van der Waals surface area contributed by atoms with Crippen LogP contribution in [0.2, 0.25) is 0 Å². The predicted molar refractivity (Wildman–Crippen MR) is 48.3 cm³/mol. The summed E-state index contributed by atoms with van der Waals surface area (Å²) in [5.41, 5.74) is 1.34. The summed E-state index contributed by atoms with van der Waals surface area (Å²) in [5, 5.41) is 0. The number of aromatic nitrogens is 4. The van der Waals surface area contributed by atoms with Gasteiger partial charge in [0, 0.05) is 6.20 Å². The van der Waals surface area contributed by atoms with E-state index in [2.05, 4.69) is 21.5 Å². The Morgan fingerprint density at radius 2 is 2.31 bits per heavy atom. The topological polar surface area (TPSA) is 52.8 Å². The molecule has 0 aromatic carbocycles. The van der Waals surface area contributed by atoms with Crippen molar-refractivity contribution in [3.8, 4) is 5.88 Å². The third kappa shape index (κ3) is 1.05. The summed E-state index contributed by atoms with van der Waals surface area (Å²) in [6.07, 6.45) is 4.68. The largest absolute Gasteiger partial charge is 0.479 e. The predicted octanol–water partition coefficient (Wildman–Crippen LogP) is 0.935. The van der Waals surface area contributed by atoms with E-state index < -0.39 is 0 Å². The Kier molecular flexibility index (Phi) is 1.70. The summed E-state index contributed by atoms with van der Waals surface area (Å²) in [6, 6.07) is 0. The molecule has 5 nitrogen and oxygen atoms in total. The van der Waals surface area contributed by atoms with Crippen molar-refractivity contribution >= 4 is 17.4 Å². The number of nitrogens with zero attached hydrogens (tertiary/aromatic N) is 4. The molecular weight excluding hydrogens is 168 g/mol. The first-order valence-electron chi connectivity index (χ1n) is 3.71. The molecule has 0 N–H and O–H groups in total. The Labute approximate surface area is 74.7 Å². The Hall–Kier alpha value is -1.91. The van der Waals surface area contributed by atoms with Gasteiger partial charge in [-0.15, -0.1) is 0 Å². The fraction of sp³-hybridized carbons (Fsp3) is 0.125. The van der Waals surface area contributed by atoms with Gasteiger partial charge in [0.15, 0.2) is 11.2 Å². The highest BCUT2D eigenvalue weighted by atomic mass is 16.5. The average molecular weight is 176 g/mol. The van der Waals surface area contributed by atoms with Crippen molar-refractivity contribution in [2.24, 2.45) is 0 Å². The van der Waals surface area contributed by atoms with E-state index in [-0.39, 0.29) is 0 Å². The van der Waals surface area contributed by atoms with Crippen LogP contribution in [0.15, 0.2) is 19.2 Å². The van der Waals surface area contributed by atoms with Crippen LogP contribution in [0.25, 0.3) is 17.4 Å². The maximum Gasteiger partial charge on any atom is 0.245 e. The lowest BCUT2D eigenvalue weighted by Crippen LogP contribution is -1.91. The molecule has 2 aromatic heterocycles. The Morgan fingerprint density at radius 1 is 1.46 bits per heavy atom. The van der Waals surface area contributed by atoms with Gasteiger partial charge in [-0.3, -0.25) is 4.57 Å². The van der Waals surface area contributed by atoms with E-state index >= 15 is 0 Å². The standard InChI is InChI=1S/C8H8N4O/c1-3-12-5-11-6-7(12)9-4-10-8(6)13-2/h3-5H,1H2,2H3. The molecule has 0 atom stereocenters. The van der Waals surface area contributed by atoms with Crippen molar-refractivity contribution < 1.29 is 4.74 Å². The van der Waals surface area contributed by atoms with Crippen LogP contribution < -0.4 is 4.74 Å². The van der Waals surface area contributed by atoms with E-state index in [0.717, 1.165) is 0 Å². The Bertz CT molecular complexity index is 448. The minimum absolute atomic E-state index is 0.477. The highest BCUT2D eigenvalue weighted by Crippen LogP contribution is 2.18. The van der Waals surface area contributed by atoms with Gasteiger partial charge in [-0.05, 0) is 0 Å². The van der Waals surface area contributed by atoms with Gasteiger partial charge in [-0.2, -0.15) is 4.98 Å². The van der Waals surface area contributed by atoms with Crippen molar-refractivity contribution in [2.45, 2.75) is 0 Å². The molecule has 13 heavy (non-hydrogen) atoms. The lowest BCUT2D eigenvalue weighted by Gasteiger charge is -1.97. The van der Waals surface area contributed by atoms with Gasteiger partial charge >= 0.3 is 0 Å². The number of fused-ring (bicyclic) bond motifs is 1. The van der Waals surface area contributed by atoms with E-state index in [9.17, 15) is 0 Å². The Morgan fingerprint density at radius 3 is 3.00 bits per heavy atom. The average Bonchev–Trinajstić information content (AvgIpc) is 2.60. The van der Waals surface area contributed by atoms with Gasteiger partial charge in [0.1, 0.15) is 12.7 Å². The molecule has 2 aromatic rings. The zero-order valence-corrected chi connectivity index (χ0v) is 7.14. The third-order valence-corrected chi connectivity index (χ3v) is 1.72. The third-order valence-electron chi connectivity index (χ3n) is 1.72. The quantitative estimate of drug-likeness (QED) is 0.683. The second-order valence-corrected chi connectivity index (χ2v) is 2.39. The van der Waals surface area contributed by atoms with Crippen LogP contribution in [0.3, 0.4) is 0 Å². The Balaban J connectivity index is 2.79. The maximum atomic E-state index is 5.02. The van der Waals surface area contributed by atoms with Crippen molar-refractivity contribution in [1.29, 1.82) is 0 Å². The van der Waals surface area contributed by atoms with Gasteiger partial charge in [0.05, 0.1) is 7.11 Å². The molecule has 5 heteroatoms. The fourth-order valence-electron chi connectivity index (χ4n) is 1.11. The van der Waals surface area contributed by atoms with Gasteiger partial charge in [-0.1, -0.05) is 6.58 Å². The fourth-order valence-corrected chi connectivity index (χ4v) is 1.11. The molecule has 0 aliphatic carbocycles. The molecule has 0 radical (unpaired) electrons. The van der Waals surface area contributed by atoms with E-state index in [4.69, 9.17) is 4.74 Å². The minimum Gasteiger partial charge on any atom is -0.479 e. The molecule has 0 bridgehead atoms. The zero-order valence-electron chi connectivity index (χ0n) is 7.14. The van der Waals surface area contributed by atoms with Gasteiger partial charge in [0.2, 0.25) is 5.88 Å². The molecule has 0 aliphatic rings. The summed E-state index contributed by atoms with van der Waals surface area (Å²) in [6.45, 7) is 3.63. The van der Waals surface area contributed by atoms with Gasteiger partial charge < -0.3 is 4.74 Å². The monoisotopic (exact) mass is 176 g/mol. The highest BCUT2D eigenvalue weighted by Gasteiger charge is 2.07.